The third kappa shape index (κ3) is 4.65. The normalized spacial score (nSPS) is 11.4. The lowest BCUT2D eigenvalue weighted by atomic mass is 10.1. The van der Waals surface area contributed by atoms with Crippen molar-refractivity contribution in [3.8, 4) is 17.6 Å². The van der Waals surface area contributed by atoms with Gasteiger partial charge in [0.2, 0.25) is 5.75 Å². The molecule has 0 bridgehead atoms. The van der Waals surface area contributed by atoms with Gasteiger partial charge in [-0.2, -0.15) is 5.26 Å². The van der Waals surface area contributed by atoms with E-state index in [2.05, 4.69) is 0 Å². The minimum absolute atomic E-state index is 0.375. The van der Waals surface area contributed by atoms with E-state index in [0.717, 1.165) is 43.3 Å². The second-order valence-electron chi connectivity index (χ2n) is 6.12. The SMILES string of the molecule is COc1cc(/C(O)=C(\C#N)C(=O)N(C)Cc2c(F)ccc(Cl)c2F)cc([N+](=O)[O-])c1O. The number of phenols is 1. The van der Waals surface area contributed by atoms with Crippen LogP contribution in [0.4, 0.5) is 14.5 Å². The van der Waals surface area contributed by atoms with Crippen LogP contribution in [0.1, 0.15) is 11.1 Å². The molecule has 0 atom stereocenters. The fourth-order valence-corrected chi connectivity index (χ4v) is 2.76. The molecule has 31 heavy (non-hydrogen) atoms. The molecule has 0 saturated heterocycles. The molecule has 0 unspecified atom stereocenters. The molecule has 0 aromatic heterocycles. The third-order valence-electron chi connectivity index (χ3n) is 4.19. The molecular weight excluding hydrogens is 440 g/mol. The highest BCUT2D eigenvalue weighted by Gasteiger charge is 2.26. The summed E-state index contributed by atoms with van der Waals surface area (Å²) in [5.74, 6) is -5.38. The number of aromatic hydroxyl groups is 1. The molecular formula is C19H14ClF2N3O6. The number of nitro benzene ring substituents is 1. The summed E-state index contributed by atoms with van der Waals surface area (Å²) in [6.07, 6.45) is 0. The van der Waals surface area contributed by atoms with E-state index in [1.807, 2.05) is 0 Å². The van der Waals surface area contributed by atoms with Crippen LogP contribution in [0.25, 0.3) is 5.76 Å². The molecule has 0 fully saturated rings. The Bertz CT molecular complexity index is 1150. The molecule has 2 rings (SSSR count). The number of rotatable bonds is 6. The molecule has 0 radical (unpaired) electrons. The topological polar surface area (TPSA) is 137 Å². The number of halogens is 3. The Kier molecular flexibility index (Phi) is 6.99. The van der Waals surface area contributed by atoms with Gasteiger partial charge >= 0.3 is 5.69 Å². The zero-order valence-electron chi connectivity index (χ0n) is 16.0. The lowest BCUT2D eigenvalue weighted by Crippen LogP contribution is -2.29. The van der Waals surface area contributed by atoms with Gasteiger partial charge in [-0.05, 0) is 18.2 Å². The first-order valence-electron chi connectivity index (χ1n) is 8.30. The van der Waals surface area contributed by atoms with Gasteiger partial charge in [0.25, 0.3) is 5.91 Å². The average molecular weight is 454 g/mol. The van der Waals surface area contributed by atoms with Crippen molar-refractivity contribution < 1.29 is 33.4 Å². The second kappa shape index (κ2) is 9.27. The van der Waals surface area contributed by atoms with Gasteiger partial charge in [0.15, 0.2) is 11.3 Å². The number of aliphatic hydroxyl groups is 1. The summed E-state index contributed by atoms with van der Waals surface area (Å²) in [6.45, 7) is -0.630. The quantitative estimate of drug-likeness (QED) is 0.170. The Morgan fingerprint density at radius 2 is 2.03 bits per heavy atom. The maximum Gasteiger partial charge on any atom is 0.315 e. The van der Waals surface area contributed by atoms with Gasteiger partial charge in [-0.1, -0.05) is 11.6 Å². The van der Waals surface area contributed by atoms with Crippen molar-refractivity contribution in [2.45, 2.75) is 6.54 Å². The van der Waals surface area contributed by atoms with E-state index in [1.165, 1.54) is 6.07 Å². The monoisotopic (exact) mass is 453 g/mol. The number of methoxy groups -OCH3 is 1. The lowest BCUT2D eigenvalue weighted by molar-refractivity contribution is -0.386. The fraction of sp³-hybridized carbons (Fsp3) is 0.158. The van der Waals surface area contributed by atoms with E-state index in [-0.39, 0.29) is 10.6 Å². The van der Waals surface area contributed by atoms with Crippen molar-refractivity contribution in [1.29, 1.82) is 5.26 Å². The van der Waals surface area contributed by atoms with Crippen LogP contribution in [0.3, 0.4) is 0 Å². The van der Waals surface area contributed by atoms with E-state index in [1.54, 1.807) is 0 Å². The molecule has 0 heterocycles. The Balaban J connectivity index is 2.50. The predicted octanol–water partition coefficient (Wildman–Crippen LogP) is 3.69. The van der Waals surface area contributed by atoms with Crippen LogP contribution in [-0.4, -0.2) is 40.1 Å². The largest absolute Gasteiger partial charge is 0.506 e. The van der Waals surface area contributed by atoms with Crippen LogP contribution in [0.15, 0.2) is 29.8 Å². The van der Waals surface area contributed by atoms with E-state index >= 15 is 0 Å². The van der Waals surface area contributed by atoms with Crippen molar-refractivity contribution in [1.82, 2.24) is 4.90 Å². The van der Waals surface area contributed by atoms with Gasteiger partial charge < -0.3 is 19.8 Å². The number of carbonyl (C=O) groups is 1. The van der Waals surface area contributed by atoms with E-state index in [9.17, 15) is 39.2 Å². The van der Waals surface area contributed by atoms with Crippen molar-refractivity contribution in [2.75, 3.05) is 14.2 Å². The number of hydrogen-bond acceptors (Lipinski definition) is 7. The fourth-order valence-electron chi connectivity index (χ4n) is 2.58. The summed E-state index contributed by atoms with van der Waals surface area (Å²) >= 11 is 5.62. The zero-order chi connectivity index (χ0) is 23.5. The van der Waals surface area contributed by atoms with E-state index in [0.29, 0.717) is 0 Å². The summed E-state index contributed by atoms with van der Waals surface area (Å²) in [4.78, 5) is 23.5. The standard InChI is InChI=1S/C19H14ClF2N3O6/c1-24(8-11-13(21)4-3-12(20)16(11)22)19(28)10(7-23)17(26)9-5-14(25(29)30)18(27)15(6-9)31-2/h3-6,26-27H,8H2,1-2H3/b17-10-. The summed E-state index contributed by atoms with van der Waals surface area (Å²) in [5.41, 5.74) is -2.63. The third-order valence-corrected chi connectivity index (χ3v) is 4.48. The van der Waals surface area contributed by atoms with Crippen LogP contribution in [0.5, 0.6) is 11.5 Å². The Morgan fingerprint density at radius 1 is 1.39 bits per heavy atom. The van der Waals surface area contributed by atoms with Gasteiger partial charge in [0.05, 0.1) is 23.6 Å². The van der Waals surface area contributed by atoms with Gasteiger partial charge in [-0.25, -0.2) is 8.78 Å². The van der Waals surface area contributed by atoms with Crippen LogP contribution < -0.4 is 4.74 Å². The summed E-state index contributed by atoms with van der Waals surface area (Å²) in [7, 11) is 2.22. The van der Waals surface area contributed by atoms with Gasteiger partial charge in [-0.3, -0.25) is 14.9 Å². The highest BCUT2D eigenvalue weighted by atomic mass is 35.5. The first-order chi connectivity index (χ1) is 14.5. The number of aliphatic hydroxyl groups excluding tert-OH is 1. The maximum absolute atomic E-state index is 14.1. The minimum Gasteiger partial charge on any atom is -0.506 e. The van der Waals surface area contributed by atoms with Crippen molar-refractivity contribution in [2.24, 2.45) is 0 Å². The Labute approximate surface area is 179 Å². The zero-order valence-corrected chi connectivity index (χ0v) is 16.8. The number of carbonyl (C=O) groups excluding carboxylic acids is 1. The lowest BCUT2D eigenvalue weighted by Gasteiger charge is -2.18. The average Bonchev–Trinajstić information content (AvgIpc) is 2.73. The number of amides is 1. The number of ether oxygens (including phenoxy) is 1. The maximum atomic E-state index is 14.1. The molecule has 0 saturated carbocycles. The Morgan fingerprint density at radius 3 is 2.58 bits per heavy atom. The molecule has 0 spiro atoms. The molecule has 0 aliphatic carbocycles. The van der Waals surface area contributed by atoms with Crippen LogP contribution in [0.2, 0.25) is 5.02 Å². The highest BCUT2D eigenvalue weighted by molar-refractivity contribution is 6.30. The van der Waals surface area contributed by atoms with Crippen molar-refractivity contribution in [3.05, 3.63) is 67.7 Å². The molecule has 2 N–H and O–H groups in total. The van der Waals surface area contributed by atoms with E-state index < -0.39 is 63.1 Å². The minimum atomic E-state index is -1.13. The molecule has 0 aliphatic rings. The van der Waals surface area contributed by atoms with E-state index in [4.69, 9.17) is 16.3 Å². The second-order valence-corrected chi connectivity index (χ2v) is 6.53. The Hall–Kier alpha value is -3.91. The molecule has 2 aromatic carbocycles. The van der Waals surface area contributed by atoms with Crippen molar-refractivity contribution in [3.63, 3.8) is 0 Å². The smallest absolute Gasteiger partial charge is 0.315 e. The number of benzene rings is 2. The summed E-state index contributed by atoms with van der Waals surface area (Å²) in [6, 6.07) is 5.06. The first-order valence-corrected chi connectivity index (χ1v) is 8.68. The first kappa shape index (κ1) is 23.4. The summed E-state index contributed by atoms with van der Waals surface area (Å²) < 4.78 is 32.8. The van der Waals surface area contributed by atoms with Crippen LogP contribution in [0, 0.1) is 33.1 Å². The number of nitro groups is 1. The highest BCUT2D eigenvalue weighted by Crippen LogP contribution is 2.38. The van der Waals surface area contributed by atoms with Crippen LogP contribution in [-0.2, 0) is 11.3 Å². The molecule has 1 amide bonds. The molecule has 12 heteroatoms. The number of likely N-dealkylation sites (N-methyl/N-ethyl adjacent to an activating group) is 1. The molecule has 162 valence electrons. The predicted molar refractivity (Wildman–Crippen MR) is 104 cm³/mol. The van der Waals surface area contributed by atoms with Gasteiger partial charge in [0.1, 0.15) is 23.5 Å². The van der Waals surface area contributed by atoms with Crippen LogP contribution >= 0.6 is 11.6 Å². The molecule has 9 nitrogen and oxygen atoms in total. The number of phenolic OH excluding ortho intramolecular Hbond substituents is 1. The summed E-state index contributed by atoms with van der Waals surface area (Å²) in [5, 5.41) is 40.3. The molecule has 0 aliphatic heterocycles. The number of nitriles is 1. The number of hydrogen-bond donors (Lipinski definition) is 2. The van der Waals surface area contributed by atoms with Gasteiger partial charge in [0, 0.05) is 24.2 Å². The van der Waals surface area contributed by atoms with Gasteiger partial charge in [-0.15, -0.1) is 0 Å². The number of nitrogens with zero attached hydrogens (tertiary/aromatic N) is 3. The molecule has 2 aromatic rings. The van der Waals surface area contributed by atoms with Crippen molar-refractivity contribution >= 4 is 29.0 Å².